The Hall–Kier alpha value is -2.22. The van der Waals surface area contributed by atoms with Gasteiger partial charge < -0.3 is 4.74 Å². The number of ketones is 1. The van der Waals surface area contributed by atoms with Gasteiger partial charge in [0, 0.05) is 34.9 Å². The highest BCUT2D eigenvalue weighted by atomic mass is 35.5. The van der Waals surface area contributed by atoms with Crippen molar-refractivity contribution in [2.24, 2.45) is 0 Å². The first-order chi connectivity index (χ1) is 15.1. The molecule has 1 aliphatic heterocycles. The number of ether oxygens (including phenoxy) is 1. The van der Waals surface area contributed by atoms with E-state index in [1.807, 2.05) is 24.3 Å². The lowest BCUT2D eigenvalue weighted by molar-refractivity contribution is 0.0953. The lowest BCUT2D eigenvalue weighted by Gasteiger charge is -2.14. The number of nitrogens with zero attached hydrogens (tertiary/aromatic N) is 3. The summed E-state index contributed by atoms with van der Waals surface area (Å²) in [6, 6.07) is 13.2. The molecule has 1 saturated heterocycles. The Bertz CT molecular complexity index is 1020. The van der Waals surface area contributed by atoms with Gasteiger partial charge in [-0.15, -0.1) is 10.2 Å². The second-order valence-electron chi connectivity index (χ2n) is 7.44. The zero-order valence-corrected chi connectivity index (χ0v) is 18.5. The van der Waals surface area contributed by atoms with Crippen molar-refractivity contribution in [1.29, 1.82) is 0 Å². The van der Waals surface area contributed by atoms with E-state index < -0.39 is 0 Å². The van der Waals surface area contributed by atoms with Crippen LogP contribution in [-0.2, 0) is 11.3 Å². The van der Waals surface area contributed by atoms with Crippen molar-refractivity contribution < 1.29 is 13.9 Å². The van der Waals surface area contributed by atoms with E-state index in [0.29, 0.717) is 30.0 Å². The smallest absolute Gasteiger partial charge is 0.191 e. The molecule has 0 N–H and O–H groups in total. The molecule has 1 aliphatic rings. The molecule has 2 heterocycles. The quantitative estimate of drug-likeness (QED) is 0.234. The minimum atomic E-state index is -0.339. The molecule has 31 heavy (non-hydrogen) atoms. The Kier molecular flexibility index (Phi) is 7.37. The second-order valence-corrected chi connectivity index (χ2v) is 8.94. The van der Waals surface area contributed by atoms with Crippen LogP contribution in [0.3, 0.4) is 0 Å². The molecule has 0 radical (unpaired) electrons. The molecule has 1 fully saturated rings. The zero-order valence-electron chi connectivity index (χ0n) is 17.0. The molecular formula is C23H23ClFN3O2S. The standard InChI is InChI=1S/C23H23ClFN3O2S/c24-18-9-5-17(6-10-18)22-26-27-23(28(22)15-20-3-1-13-30-20)31-14-2-4-21(29)16-7-11-19(25)12-8-16/h5-12,20H,1-4,13-15H2/t20-/m1/s1. The number of aromatic nitrogens is 3. The fourth-order valence-corrected chi connectivity index (χ4v) is 4.55. The monoisotopic (exact) mass is 459 g/mol. The molecule has 0 bridgehead atoms. The lowest BCUT2D eigenvalue weighted by atomic mass is 10.1. The van der Waals surface area contributed by atoms with E-state index in [0.717, 1.165) is 41.7 Å². The van der Waals surface area contributed by atoms with Crippen LogP contribution in [0.4, 0.5) is 4.39 Å². The maximum absolute atomic E-state index is 13.0. The summed E-state index contributed by atoms with van der Waals surface area (Å²) in [6.45, 7) is 1.48. The molecule has 4 rings (SSSR count). The number of hydrogen-bond acceptors (Lipinski definition) is 5. The molecule has 1 atom stereocenters. The molecular weight excluding hydrogens is 437 g/mol. The first-order valence-electron chi connectivity index (χ1n) is 10.3. The number of rotatable bonds is 9. The molecule has 5 nitrogen and oxygen atoms in total. The predicted molar refractivity (Wildman–Crippen MR) is 120 cm³/mol. The molecule has 8 heteroatoms. The van der Waals surface area contributed by atoms with Crippen molar-refractivity contribution in [2.75, 3.05) is 12.4 Å². The van der Waals surface area contributed by atoms with Crippen LogP contribution in [0.15, 0.2) is 53.7 Å². The molecule has 3 aromatic rings. The third-order valence-corrected chi connectivity index (χ3v) is 6.48. The van der Waals surface area contributed by atoms with Gasteiger partial charge in [0.2, 0.25) is 0 Å². The van der Waals surface area contributed by atoms with Crippen LogP contribution < -0.4 is 0 Å². The van der Waals surface area contributed by atoms with Gasteiger partial charge in [0.1, 0.15) is 5.82 Å². The van der Waals surface area contributed by atoms with Gasteiger partial charge in [0.25, 0.3) is 0 Å². The number of halogens is 2. The fraction of sp³-hybridized carbons (Fsp3) is 0.348. The highest BCUT2D eigenvalue weighted by Gasteiger charge is 2.22. The van der Waals surface area contributed by atoms with Crippen LogP contribution in [0.2, 0.25) is 5.02 Å². The molecule has 1 aromatic heterocycles. The van der Waals surface area contributed by atoms with Gasteiger partial charge >= 0.3 is 0 Å². The number of Topliss-reactive ketones (excluding diaryl/α,β-unsaturated/α-hetero) is 1. The number of hydrogen-bond donors (Lipinski definition) is 0. The largest absolute Gasteiger partial charge is 0.376 e. The van der Waals surface area contributed by atoms with Gasteiger partial charge in [0.15, 0.2) is 16.8 Å². The van der Waals surface area contributed by atoms with Crippen LogP contribution in [-0.4, -0.2) is 39.0 Å². The van der Waals surface area contributed by atoms with E-state index in [-0.39, 0.29) is 17.7 Å². The van der Waals surface area contributed by atoms with Crippen molar-refractivity contribution in [3.8, 4) is 11.4 Å². The highest BCUT2D eigenvalue weighted by molar-refractivity contribution is 7.99. The van der Waals surface area contributed by atoms with E-state index in [9.17, 15) is 9.18 Å². The zero-order chi connectivity index (χ0) is 21.6. The van der Waals surface area contributed by atoms with E-state index in [4.69, 9.17) is 16.3 Å². The van der Waals surface area contributed by atoms with Crippen LogP contribution >= 0.6 is 23.4 Å². The summed E-state index contributed by atoms with van der Waals surface area (Å²) >= 11 is 7.61. The van der Waals surface area contributed by atoms with Gasteiger partial charge in [0.05, 0.1) is 12.6 Å². The summed E-state index contributed by atoms with van der Waals surface area (Å²) < 4.78 is 21.0. The normalized spacial score (nSPS) is 16.0. The molecule has 0 spiro atoms. The highest BCUT2D eigenvalue weighted by Crippen LogP contribution is 2.28. The number of thioether (sulfide) groups is 1. The van der Waals surface area contributed by atoms with Gasteiger partial charge in [-0.2, -0.15) is 0 Å². The summed E-state index contributed by atoms with van der Waals surface area (Å²) in [5, 5.41) is 10.3. The van der Waals surface area contributed by atoms with Crippen molar-refractivity contribution in [2.45, 2.75) is 43.5 Å². The van der Waals surface area contributed by atoms with Gasteiger partial charge in [-0.25, -0.2) is 4.39 Å². The van der Waals surface area contributed by atoms with Crippen molar-refractivity contribution >= 4 is 29.1 Å². The summed E-state index contributed by atoms with van der Waals surface area (Å²) in [7, 11) is 0. The Balaban J connectivity index is 1.41. The summed E-state index contributed by atoms with van der Waals surface area (Å²) in [5.74, 6) is 1.20. The summed E-state index contributed by atoms with van der Waals surface area (Å²) in [5.41, 5.74) is 1.49. The molecule has 2 aromatic carbocycles. The molecule has 162 valence electrons. The molecule has 0 amide bonds. The van der Waals surface area contributed by atoms with E-state index in [2.05, 4.69) is 14.8 Å². The van der Waals surface area contributed by atoms with Crippen LogP contribution in [0.25, 0.3) is 11.4 Å². The third-order valence-electron chi connectivity index (χ3n) is 5.17. The Morgan fingerprint density at radius 3 is 2.65 bits per heavy atom. The SMILES string of the molecule is O=C(CCCSc1nnc(-c2ccc(Cl)cc2)n1C[C@H]1CCCO1)c1ccc(F)cc1. The second kappa shape index (κ2) is 10.4. The first-order valence-corrected chi connectivity index (χ1v) is 11.7. The van der Waals surface area contributed by atoms with Crippen LogP contribution in [0.5, 0.6) is 0 Å². The third kappa shape index (κ3) is 5.73. The Labute approximate surface area is 190 Å². The molecule has 0 aliphatic carbocycles. The minimum Gasteiger partial charge on any atom is -0.376 e. The summed E-state index contributed by atoms with van der Waals surface area (Å²) in [6.07, 6.45) is 3.35. The van der Waals surface area contributed by atoms with Crippen molar-refractivity contribution in [1.82, 2.24) is 14.8 Å². The van der Waals surface area contributed by atoms with E-state index in [1.54, 1.807) is 11.8 Å². The van der Waals surface area contributed by atoms with Crippen molar-refractivity contribution in [3.63, 3.8) is 0 Å². The lowest BCUT2D eigenvalue weighted by Crippen LogP contribution is -2.16. The Morgan fingerprint density at radius 2 is 1.94 bits per heavy atom. The molecule has 0 unspecified atom stereocenters. The van der Waals surface area contributed by atoms with Crippen molar-refractivity contribution in [3.05, 3.63) is 64.9 Å². The molecule has 0 saturated carbocycles. The van der Waals surface area contributed by atoms with Gasteiger partial charge in [-0.05, 0) is 67.8 Å². The van der Waals surface area contributed by atoms with Gasteiger partial charge in [-0.3, -0.25) is 9.36 Å². The van der Waals surface area contributed by atoms with E-state index >= 15 is 0 Å². The fourth-order valence-electron chi connectivity index (χ4n) is 3.54. The van der Waals surface area contributed by atoms with Gasteiger partial charge in [-0.1, -0.05) is 23.4 Å². The number of benzene rings is 2. The average Bonchev–Trinajstić information content (AvgIpc) is 3.43. The first kappa shape index (κ1) is 22.0. The topological polar surface area (TPSA) is 57.0 Å². The average molecular weight is 460 g/mol. The van der Waals surface area contributed by atoms with Crippen LogP contribution in [0.1, 0.15) is 36.0 Å². The maximum Gasteiger partial charge on any atom is 0.191 e. The predicted octanol–water partition coefficient (Wildman–Crippen LogP) is 5.67. The minimum absolute atomic E-state index is 0.0169. The number of carbonyl (C=O) groups excluding carboxylic acids is 1. The number of carbonyl (C=O) groups is 1. The summed E-state index contributed by atoms with van der Waals surface area (Å²) in [4.78, 5) is 12.3. The van der Waals surface area contributed by atoms with E-state index in [1.165, 1.54) is 24.3 Å². The Morgan fingerprint density at radius 1 is 1.16 bits per heavy atom. The maximum atomic E-state index is 13.0. The van der Waals surface area contributed by atoms with Crippen LogP contribution in [0, 0.1) is 5.82 Å².